The number of nitrogens with one attached hydrogen (secondary N) is 2. The molecule has 3 aromatic heterocycles. The molecular formula is C24H27F2N5O2. The number of ether oxygens (including phenoxy) is 2. The van der Waals surface area contributed by atoms with Gasteiger partial charge in [-0.15, -0.1) is 0 Å². The van der Waals surface area contributed by atoms with Crippen molar-refractivity contribution in [3.63, 3.8) is 0 Å². The SMILES string of the molecule is COc1cc(OC)c(F)c(Cc2c[nH]c3ncc(-c4cnn(CCNC(C)C)c4)cc23)c1F. The van der Waals surface area contributed by atoms with Gasteiger partial charge in [-0.1, -0.05) is 13.8 Å². The van der Waals surface area contributed by atoms with Crippen LogP contribution in [0.15, 0.2) is 36.9 Å². The van der Waals surface area contributed by atoms with Crippen LogP contribution in [0.5, 0.6) is 11.5 Å². The fraction of sp³-hybridized carbons (Fsp3) is 0.333. The molecule has 0 aliphatic heterocycles. The normalized spacial score (nSPS) is 11.5. The zero-order valence-electron chi connectivity index (χ0n) is 19.1. The van der Waals surface area contributed by atoms with Crippen LogP contribution in [0.4, 0.5) is 8.78 Å². The van der Waals surface area contributed by atoms with Gasteiger partial charge in [0.15, 0.2) is 23.1 Å². The number of hydrogen-bond donors (Lipinski definition) is 2. The van der Waals surface area contributed by atoms with Crippen LogP contribution in [0.2, 0.25) is 0 Å². The summed E-state index contributed by atoms with van der Waals surface area (Å²) in [7, 11) is 2.67. The number of H-pyrrole nitrogens is 1. The largest absolute Gasteiger partial charge is 0.494 e. The van der Waals surface area contributed by atoms with Crippen molar-refractivity contribution in [2.45, 2.75) is 32.9 Å². The molecule has 0 unspecified atom stereocenters. The number of methoxy groups -OCH3 is 2. The van der Waals surface area contributed by atoms with Gasteiger partial charge in [0.05, 0.1) is 27.0 Å². The Hall–Kier alpha value is -3.46. The minimum Gasteiger partial charge on any atom is -0.494 e. The van der Waals surface area contributed by atoms with Crippen LogP contribution < -0.4 is 14.8 Å². The molecule has 7 nitrogen and oxygen atoms in total. The lowest BCUT2D eigenvalue weighted by molar-refractivity contribution is 0.354. The first-order chi connectivity index (χ1) is 15.9. The van der Waals surface area contributed by atoms with Crippen LogP contribution in [-0.2, 0) is 13.0 Å². The quantitative estimate of drug-likeness (QED) is 0.393. The number of pyridine rings is 1. The van der Waals surface area contributed by atoms with Gasteiger partial charge >= 0.3 is 0 Å². The van der Waals surface area contributed by atoms with Crippen LogP contribution in [0.25, 0.3) is 22.2 Å². The molecule has 0 spiro atoms. The number of nitrogens with zero attached hydrogens (tertiary/aromatic N) is 3. The first kappa shape index (κ1) is 22.7. The number of rotatable bonds is 9. The molecule has 0 saturated carbocycles. The highest BCUT2D eigenvalue weighted by Crippen LogP contribution is 2.34. The van der Waals surface area contributed by atoms with E-state index in [1.165, 1.54) is 20.3 Å². The van der Waals surface area contributed by atoms with E-state index in [1.807, 2.05) is 16.9 Å². The molecule has 2 N–H and O–H groups in total. The second-order valence-corrected chi connectivity index (χ2v) is 8.10. The smallest absolute Gasteiger partial charge is 0.171 e. The molecule has 3 heterocycles. The van der Waals surface area contributed by atoms with Crippen molar-refractivity contribution in [3.8, 4) is 22.6 Å². The van der Waals surface area contributed by atoms with Gasteiger partial charge in [-0.2, -0.15) is 5.10 Å². The summed E-state index contributed by atoms with van der Waals surface area (Å²) in [6.07, 6.45) is 7.23. The number of benzene rings is 1. The molecule has 0 saturated heterocycles. The van der Waals surface area contributed by atoms with Crippen molar-refractivity contribution in [2.75, 3.05) is 20.8 Å². The summed E-state index contributed by atoms with van der Waals surface area (Å²) in [5.74, 6) is -1.63. The lowest BCUT2D eigenvalue weighted by Crippen LogP contribution is -2.26. The molecular weight excluding hydrogens is 428 g/mol. The fourth-order valence-corrected chi connectivity index (χ4v) is 3.75. The fourth-order valence-electron chi connectivity index (χ4n) is 3.75. The van der Waals surface area contributed by atoms with Gasteiger partial charge in [-0.05, 0) is 11.6 Å². The molecule has 0 atom stereocenters. The maximum absolute atomic E-state index is 14.9. The van der Waals surface area contributed by atoms with Gasteiger partial charge in [0, 0.05) is 65.7 Å². The van der Waals surface area contributed by atoms with Crippen molar-refractivity contribution < 1.29 is 18.3 Å². The standard InChI is InChI=1S/C24H27F2N5O2/c1-14(2)27-5-6-31-13-17(12-30-31)15-7-18-16(11-29-24(18)28-10-15)8-19-22(25)20(32-3)9-21(33-4)23(19)26/h7,9-14,27H,5-6,8H2,1-4H3,(H,28,29). The van der Waals surface area contributed by atoms with Crippen molar-refractivity contribution in [1.29, 1.82) is 0 Å². The summed E-state index contributed by atoms with van der Waals surface area (Å²) >= 11 is 0. The molecule has 1 aromatic carbocycles. The van der Waals surface area contributed by atoms with Gasteiger partial charge in [0.1, 0.15) is 5.65 Å². The first-order valence-electron chi connectivity index (χ1n) is 10.7. The van der Waals surface area contributed by atoms with E-state index in [2.05, 4.69) is 34.2 Å². The molecule has 0 amide bonds. The van der Waals surface area contributed by atoms with Crippen LogP contribution in [0.1, 0.15) is 25.0 Å². The summed E-state index contributed by atoms with van der Waals surface area (Å²) in [5, 5.41) is 8.57. The van der Waals surface area contributed by atoms with Gasteiger partial charge in [-0.3, -0.25) is 4.68 Å². The molecule has 4 aromatic rings. The molecule has 4 rings (SSSR count). The second kappa shape index (κ2) is 9.58. The monoisotopic (exact) mass is 455 g/mol. The Bertz CT molecular complexity index is 1240. The van der Waals surface area contributed by atoms with Gasteiger partial charge in [0.25, 0.3) is 0 Å². The molecule has 0 aliphatic rings. The molecule has 33 heavy (non-hydrogen) atoms. The Morgan fingerprint density at radius 3 is 2.45 bits per heavy atom. The first-order valence-corrected chi connectivity index (χ1v) is 10.7. The van der Waals surface area contributed by atoms with E-state index in [1.54, 1.807) is 18.6 Å². The average molecular weight is 456 g/mol. The molecule has 0 radical (unpaired) electrons. The molecule has 0 fully saturated rings. The number of aromatic nitrogens is 4. The van der Waals surface area contributed by atoms with Crippen molar-refractivity contribution in [2.24, 2.45) is 0 Å². The zero-order valence-corrected chi connectivity index (χ0v) is 19.1. The summed E-state index contributed by atoms with van der Waals surface area (Å²) < 4.78 is 41.7. The minimum absolute atomic E-state index is 0.0104. The van der Waals surface area contributed by atoms with Crippen molar-refractivity contribution in [3.05, 3.63) is 59.7 Å². The Balaban J connectivity index is 1.65. The lowest BCUT2D eigenvalue weighted by atomic mass is 10.0. The number of halogens is 2. The van der Waals surface area contributed by atoms with Gasteiger partial charge < -0.3 is 19.8 Å². The lowest BCUT2D eigenvalue weighted by Gasteiger charge is -2.12. The summed E-state index contributed by atoms with van der Waals surface area (Å²) in [6.45, 7) is 5.77. The molecule has 0 bridgehead atoms. The molecule has 174 valence electrons. The van der Waals surface area contributed by atoms with Crippen LogP contribution in [0.3, 0.4) is 0 Å². The third kappa shape index (κ3) is 4.68. The number of aromatic amines is 1. The van der Waals surface area contributed by atoms with Crippen LogP contribution in [-0.4, -0.2) is 46.6 Å². The predicted molar refractivity (Wildman–Crippen MR) is 123 cm³/mol. The number of hydrogen-bond acceptors (Lipinski definition) is 5. The Kier molecular flexibility index (Phi) is 6.60. The highest BCUT2D eigenvalue weighted by Gasteiger charge is 2.21. The van der Waals surface area contributed by atoms with Crippen molar-refractivity contribution in [1.82, 2.24) is 25.1 Å². The van der Waals surface area contributed by atoms with Crippen LogP contribution >= 0.6 is 0 Å². The highest BCUT2D eigenvalue weighted by atomic mass is 19.1. The predicted octanol–water partition coefficient (Wildman–Crippen LogP) is 4.31. The van der Waals surface area contributed by atoms with Gasteiger partial charge in [0.2, 0.25) is 0 Å². The van der Waals surface area contributed by atoms with Crippen LogP contribution in [0, 0.1) is 11.6 Å². The van der Waals surface area contributed by atoms with Crippen molar-refractivity contribution >= 4 is 11.0 Å². The second-order valence-electron chi connectivity index (χ2n) is 8.10. The minimum atomic E-state index is -0.745. The summed E-state index contributed by atoms with van der Waals surface area (Å²) in [5.41, 5.74) is 3.01. The van der Waals surface area contributed by atoms with Gasteiger partial charge in [-0.25, -0.2) is 13.8 Å². The van der Waals surface area contributed by atoms with E-state index in [4.69, 9.17) is 9.47 Å². The third-order valence-electron chi connectivity index (χ3n) is 5.51. The Morgan fingerprint density at radius 2 is 1.79 bits per heavy atom. The van der Waals surface area contributed by atoms with E-state index in [0.29, 0.717) is 17.3 Å². The Morgan fingerprint density at radius 1 is 1.06 bits per heavy atom. The van der Waals surface area contributed by atoms with E-state index in [9.17, 15) is 8.78 Å². The van der Waals surface area contributed by atoms with E-state index in [-0.39, 0.29) is 23.5 Å². The van der Waals surface area contributed by atoms with E-state index >= 15 is 0 Å². The Labute approximate surface area is 190 Å². The summed E-state index contributed by atoms with van der Waals surface area (Å²) in [4.78, 5) is 7.56. The summed E-state index contributed by atoms with van der Waals surface area (Å²) in [6, 6.07) is 3.57. The number of fused-ring (bicyclic) bond motifs is 1. The maximum Gasteiger partial charge on any atom is 0.171 e. The average Bonchev–Trinajstić information content (AvgIpc) is 3.43. The molecule has 0 aliphatic carbocycles. The van der Waals surface area contributed by atoms with E-state index < -0.39 is 11.6 Å². The maximum atomic E-state index is 14.9. The topological polar surface area (TPSA) is 77.0 Å². The highest BCUT2D eigenvalue weighted by molar-refractivity contribution is 5.84. The molecule has 9 heteroatoms. The third-order valence-corrected chi connectivity index (χ3v) is 5.51. The van der Waals surface area contributed by atoms with E-state index in [0.717, 1.165) is 29.6 Å². The zero-order chi connectivity index (χ0) is 23.5.